The molecule has 3 heteroatoms. The molecule has 120 valence electrons. The summed E-state index contributed by atoms with van der Waals surface area (Å²) in [6.45, 7) is 4.75. The number of allylic oxidation sites excluding steroid dienone is 1. The first-order chi connectivity index (χ1) is 11.2. The highest BCUT2D eigenvalue weighted by Crippen LogP contribution is 2.20. The number of hydrogen-bond acceptors (Lipinski definition) is 3. The van der Waals surface area contributed by atoms with E-state index in [0.717, 1.165) is 23.5 Å². The first kappa shape index (κ1) is 17.4. The third-order valence-electron chi connectivity index (χ3n) is 3.21. The van der Waals surface area contributed by atoms with Crippen LogP contribution in [0, 0.1) is 0 Å². The van der Waals surface area contributed by atoms with Crippen LogP contribution >= 0.6 is 11.8 Å². The van der Waals surface area contributed by atoms with Crippen LogP contribution in [0.2, 0.25) is 0 Å². The molecule has 2 aromatic carbocycles. The fourth-order valence-electron chi connectivity index (χ4n) is 2.08. The van der Waals surface area contributed by atoms with Gasteiger partial charge in [0.1, 0.15) is 5.75 Å². The number of ketones is 1. The zero-order valence-electron chi connectivity index (χ0n) is 13.6. The second-order valence-electron chi connectivity index (χ2n) is 5.08. The monoisotopic (exact) mass is 326 g/mol. The Hall–Kier alpha value is -2.00. The molecular weight excluding hydrogens is 304 g/mol. The average molecular weight is 326 g/mol. The zero-order valence-corrected chi connectivity index (χ0v) is 14.4. The van der Waals surface area contributed by atoms with Crippen molar-refractivity contribution in [2.24, 2.45) is 0 Å². The van der Waals surface area contributed by atoms with Gasteiger partial charge in [0, 0.05) is 10.5 Å². The minimum absolute atomic E-state index is 0.0128. The number of thioether (sulfide) groups is 1. The molecule has 0 saturated heterocycles. The summed E-state index contributed by atoms with van der Waals surface area (Å²) in [4.78, 5) is 13.4. The van der Waals surface area contributed by atoms with Crippen LogP contribution in [0.3, 0.4) is 0 Å². The molecule has 0 amide bonds. The number of hydrogen-bond donors (Lipinski definition) is 0. The number of rotatable bonds is 8. The third-order valence-corrected chi connectivity index (χ3v) is 4.43. The Morgan fingerprint density at radius 1 is 1.13 bits per heavy atom. The fraction of sp³-hybridized carbons (Fsp3) is 0.250. The summed E-state index contributed by atoms with van der Waals surface area (Å²) in [5.41, 5.74) is 1.67. The first-order valence-electron chi connectivity index (χ1n) is 7.91. The number of carbonyl (C=O) groups excluding carboxylic acids is 1. The van der Waals surface area contributed by atoms with E-state index in [1.807, 2.05) is 73.3 Å². The van der Waals surface area contributed by atoms with E-state index in [4.69, 9.17) is 4.74 Å². The van der Waals surface area contributed by atoms with Crippen molar-refractivity contribution in [2.45, 2.75) is 25.2 Å². The van der Waals surface area contributed by atoms with Gasteiger partial charge in [-0.1, -0.05) is 25.1 Å². The van der Waals surface area contributed by atoms with Gasteiger partial charge in [-0.3, -0.25) is 4.79 Å². The number of carbonyl (C=O) groups is 1. The summed E-state index contributed by atoms with van der Waals surface area (Å²) >= 11 is 1.81. The molecule has 0 radical (unpaired) electrons. The molecule has 0 heterocycles. The average Bonchev–Trinajstić information content (AvgIpc) is 2.59. The first-order valence-corrected chi connectivity index (χ1v) is 8.89. The van der Waals surface area contributed by atoms with Gasteiger partial charge in [0.05, 0.1) is 6.61 Å². The molecule has 2 aromatic rings. The zero-order chi connectivity index (χ0) is 16.5. The van der Waals surface area contributed by atoms with Crippen molar-refractivity contribution in [3.05, 3.63) is 65.7 Å². The lowest BCUT2D eigenvalue weighted by Gasteiger charge is -2.03. The predicted octanol–water partition coefficient (Wildman–Crippen LogP) is 5.48. The van der Waals surface area contributed by atoms with E-state index in [0.29, 0.717) is 12.2 Å². The molecule has 0 aliphatic rings. The third kappa shape index (κ3) is 5.61. The largest absolute Gasteiger partial charge is 0.494 e. The van der Waals surface area contributed by atoms with E-state index in [2.05, 4.69) is 6.92 Å². The van der Waals surface area contributed by atoms with E-state index in [9.17, 15) is 4.79 Å². The Bertz CT molecular complexity index is 660. The van der Waals surface area contributed by atoms with Crippen molar-refractivity contribution >= 4 is 23.6 Å². The second-order valence-corrected chi connectivity index (χ2v) is 6.24. The molecular formula is C20H22O2S. The van der Waals surface area contributed by atoms with Gasteiger partial charge in [-0.25, -0.2) is 0 Å². The van der Waals surface area contributed by atoms with Crippen molar-refractivity contribution < 1.29 is 9.53 Å². The lowest BCUT2D eigenvalue weighted by molar-refractivity contribution is 0.104. The number of benzene rings is 2. The highest BCUT2D eigenvalue weighted by Gasteiger charge is 2.02. The van der Waals surface area contributed by atoms with Crippen molar-refractivity contribution in [2.75, 3.05) is 12.4 Å². The highest BCUT2D eigenvalue weighted by molar-refractivity contribution is 7.99. The minimum atomic E-state index is 0.0128. The SMILES string of the molecule is CCCSc1ccc(C(=O)C=Cc2cccc(OCC)c2)cc1. The summed E-state index contributed by atoms with van der Waals surface area (Å²) in [7, 11) is 0. The summed E-state index contributed by atoms with van der Waals surface area (Å²) in [6, 6.07) is 15.5. The van der Waals surface area contributed by atoms with Crippen LogP contribution in [-0.2, 0) is 0 Å². The molecule has 0 N–H and O–H groups in total. The van der Waals surface area contributed by atoms with Gasteiger partial charge in [-0.05, 0) is 67.1 Å². The van der Waals surface area contributed by atoms with E-state index in [1.54, 1.807) is 6.08 Å². The van der Waals surface area contributed by atoms with E-state index >= 15 is 0 Å². The Morgan fingerprint density at radius 2 is 1.91 bits per heavy atom. The molecule has 0 spiro atoms. The van der Waals surface area contributed by atoms with Gasteiger partial charge in [-0.2, -0.15) is 0 Å². The predicted molar refractivity (Wildman–Crippen MR) is 98.4 cm³/mol. The minimum Gasteiger partial charge on any atom is -0.494 e. The summed E-state index contributed by atoms with van der Waals surface area (Å²) in [5, 5.41) is 0. The molecule has 23 heavy (non-hydrogen) atoms. The smallest absolute Gasteiger partial charge is 0.185 e. The molecule has 0 unspecified atom stereocenters. The van der Waals surface area contributed by atoms with Crippen LogP contribution in [0.15, 0.2) is 59.5 Å². The van der Waals surface area contributed by atoms with Crippen molar-refractivity contribution in [1.29, 1.82) is 0 Å². The Labute approximate surface area is 142 Å². The maximum Gasteiger partial charge on any atom is 0.185 e. The van der Waals surface area contributed by atoms with Crippen molar-refractivity contribution in [3.8, 4) is 5.75 Å². The lowest BCUT2D eigenvalue weighted by Crippen LogP contribution is -1.94. The van der Waals surface area contributed by atoms with Gasteiger partial charge < -0.3 is 4.74 Å². The lowest BCUT2D eigenvalue weighted by atomic mass is 10.1. The Kier molecular flexibility index (Phi) is 6.95. The van der Waals surface area contributed by atoms with Gasteiger partial charge in [0.2, 0.25) is 0 Å². The molecule has 0 bridgehead atoms. The number of ether oxygens (including phenoxy) is 1. The summed E-state index contributed by atoms with van der Waals surface area (Å²) in [6.07, 6.45) is 4.58. The van der Waals surface area contributed by atoms with E-state index < -0.39 is 0 Å². The Balaban J connectivity index is 2.01. The van der Waals surface area contributed by atoms with Gasteiger partial charge >= 0.3 is 0 Å². The maximum atomic E-state index is 12.2. The van der Waals surface area contributed by atoms with Crippen LogP contribution in [0.25, 0.3) is 6.08 Å². The topological polar surface area (TPSA) is 26.3 Å². The highest BCUT2D eigenvalue weighted by atomic mass is 32.2. The molecule has 2 rings (SSSR count). The van der Waals surface area contributed by atoms with Crippen LogP contribution in [-0.4, -0.2) is 18.1 Å². The molecule has 0 saturated carbocycles. The standard InChI is InChI=1S/C20H22O2S/c1-3-14-23-19-11-9-17(10-12-19)20(21)13-8-16-6-5-7-18(15-16)22-4-2/h5-13,15H,3-4,14H2,1-2H3. The summed E-state index contributed by atoms with van der Waals surface area (Å²) < 4.78 is 5.46. The van der Waals surface area contributed by atoms with Crippen LogP contribution in [0.1, 0.15) is 36.2 Å². The van der Waals surface area contributed by atoms with Crippen LogP contribution in [0.4, 0.5) is 0 Å². The molecule has 2 nitrogen and oxygen atoms in total. The molecule has 0 aliphatic carbocycles. The molecule has 0 fully saturated rings. The fourth-order valence-corrected chi connectivity index (χ4v) is 2.85. The molecule has 0 aliphatic heterocycles. The summed E-state index contributed by atoms with van der Waals surface area (Å²) in [5.74, 6) is 1.93. The van der Waals surface area contributed by atoms with E-state index in [1.165, 1.54) is 4.90 Å². The van der Waals surface area contributed by atoms with Gasteiger partial charge in [-0.15, -0.1) is 11.8 Å². The maximum absolute atomic E-state index is 12.2. The second kappa shape index (κ2) is 9.21. The van der Waals surface area contributed by atoms with Gasteiger partial charge in [0.15, 0.2) is 5.78 Å². The van der Waals surface area contributed by atoms with Crippen molar-refractivity contribution in [1.82, 2.24) is 0 Å². The van der Waals surface area contributed by atoms with Crippen molar-refractivity contribution in [3.63, 3.8) is 0 Å². The van der Waals surface area contributed by atoms with Crippen LogP contribution in [0.5, 0.6) is 5.75 Å². The molecule has 0 atom stereocenters. The van der Waals surface area contributed by atoms with Gasteiger partial charge in [0.25, 0.3) is 0 Å². The van der Waals surface area contributed by atoms with Crippen LogP contribution < -0.4 is 4.74 Å². The quantitative estimate of drug-likeness (QED) is 0.365. The Morgan fingerprint density at radius 3 is 2.61 bits per heavy atom. The van der Waals surface area contributed by atoms with E-state index in [-0.39, 0.29) is 5.78 Å². The normalized spacial score (nSPS) is 10.9. The molecule has 0 aromatic heterocycles.